The number of fused-ring (bicyclic) bond motifs is 1. The third-order valence-corrected chi connectivity index (χ3v) is 2.90. The lowest BCUT2D eigenvalue weighted by atomic mass is 10.0. The fraction of sp³-hybridized carbons (Fsp3) is 0.364. The Labute approximate surface area is 98.7 Å². The molecule has 0 saturated carbocycles. The second kappa shape index (κ2) is 4.31. The standard InChI is InChI=1S/C11H13ClN2O2/c1-2-8(13)6-3-10-9(4-7(6)12)14-11(15)5-16-10/h3-4,8H,2,5,13H2,1H3,(H,14,15)/t8-/m1/s1. The van der Waals surface area contributed by atoms with Gasteiger partial charge in [-0.2, -0.15) is 0 Å². The van der Waals surface area contributed by atoms with E-state index in [9.17, 15) is 4.79 Å². The van der Waals surface area contributed by atoms with Crippen LogP contribution >= 0.6 is 11.6 Å². The first kappa shape index (κ1) is 11.2. The van der Waals surface area contributed by atoms with E-state index in [1.54, 1.807) is 12.1 Å². The number of hydrogen-bond donors (Lipinski definition) is 2. The van der Waals surface area contributed by atoms with E-state index in [4.69, 9.17) is 22.1 Å². The lowest BCUT2D eigenvalue weighted by molar-refractivity contribution is -0.118. The Morgan fingerprint density at radius 1 is 1.62 bits per heavy atom. The molecule has 0 fully saturated rings. The zero-order valence-corrected chi connectivity index (χ0v) is 9.67. The first-order valence-corrected chi connectivity index (χ1v) is 5.51. The van der Waals surface area contributed by atoms with Crippen molar-refractivity contribution in [2.75, 3.05) is 11.9 Å². The molecule has 1 atom stereocenters. The molecule has 0 saturated heterocycles. The van der Waals surface area contributed by atoms with Crippen molar-refractivity contribution in [1.29, 1.82) is 0 Å². The van der Waals surface area contributed by atoms with Gasteiger partial charge in [-0.25, -0.2) is 0 Å². The molecule has 1 heterocycles. The van der Waals surface area contributed by atoms with Crippen molar-refractivity contribution in [3.8, 4) is 5.75 Å². The minimum absolute atomic E-state index is 0.0371. The maximum atomic E-state index is 11.1. The lowest BCUT2D eigenvalue weighted by Gasteiger charge is -2.21. The van der Waals surface area contributed by atoms with Crippen LogP contribution < -0.4 is 15.8 Å². The van der Waals surface area contributed by atoms with Gasteiger partial charge in [0.1, 0.15) is 5.75 Å². The van der Waals surface area contributed by atoms with Gasteiger partial charge in [0.25, 0.3) is 5.91 Å². The van der Waals surface area contributed by atoms with Gasteiger partial charge in [0.05, 0.1) is 5.69 Å². The highest BCUT2D eigenvalue weighted by molar-refractivity contribution is 6.32. The summed E-state index contributed by atoms with van der Waals surface area (Å²) in [6.07, 6.45) is 0.796. The number of nitrogens with one attached hydrogen (secondary N) is 1. The monoisotopic (exact) mass is 240 g/mol. The van der Waals surface area contributed by atoms with Crippen LogP contribution in [-0.4, -0.2) is 12.5 Å². The van der Waals surface area contributed by atoms with E-state index >= 15 is 0 Å². The molecule has 5 heteroatoms. The van der Waals surface area contributed by atoms with Crippen LogP contribution in [0.3, 0.4) is 0 Å². The lowest BCUT2D eigenvalue weighted by Crippen LogP contribution is -2.25. The van der Waals surface area contributed by atoms with Crippen LogP contribution in [0.25, 0.3) is 0 Å². The molecule has 3 N–H and O–H groups in total. The maximum absolute atomic E-state index is 11.1. The Bertz CT molecular complexity index is 434. The molecule has 4 nitrogen and oxygen atoms in total. The molecule has 0 spiro atoms. The number of anilines is 1. The normalized spacial score (nSPS) is 16.1. The van der Waals surface area contributed by atoms with E-state index < -0.39 is 0 Å². The van der Waals surface area contributed by atoms with Gasteiger partial charge in [0.2, 0.25) is 0 Å². The van der Waals surface area contributed by atoms with Crippen LogP contribution in [0.15, 0.2) is 12.1 Å². The van der Waals surface area contributed by atoms with E-state index in [1.165, 1.54) is 0 Å². The molecule has 1 aliphatic rings. The Hall–Kier alpha value is -1.26. The van der Waals surface area contributed by atoms with E-state index in [-0.39, 0.29) is 18.6 Å². The highest BCUT2D eigenvalue weighted by Gasteiger charge is 2.19. The molecule has 0 radical (unpaired) electrons. The zero-order valence-electron chi connectivity index (χ0n) is 8.92. The van der Waals surface area contributed by atoms with Crippen LogP contribution in [0.1, 0.15) is 24.9 Å². The van der Waals surface area contributed by atoms with E-state index in [2.05, 4.69) is 5.32 Å². The van der Waals surface area contributed by atoms with Crippen LogP contribution in [0, 0.1) is 0 Å². The molecular weight excluding hydrogens is 228 g/mol. The average Bonchev–Trinajstić information content (AvgIpc) is 2.27. The summed E-state index contributed by atoms with van der Waals surface area (Å²) in [6.45, 7) is 2.03. The third kappa shape index (κ3) is 1.99. The highest BCUT2D eigenvalue weighted by Crippen LogP contribution is 2.36. The van der Waals surface area contributed by atoms with Gasteiger partial charge >= 0.3 is 0 Å². The smallest absolute Gasteiger partial charge is 0.262 e. The van der Waals surface area contributed by atoms with Gasteiger partial charge in [0.15, 0.2) is 6.61 Å². The number of amides is 1. The molecule has 0 aromatic heterocycles. The molecule has 0 unspecified atom stereocenters. The molecule has 0 bridgehead atoms. The predicted octanol–water partition coefficient (Wildman–Crippen LogP) is 2.08. The molecule has 1 aromatic rings. The van der Waals surface area contributed by atoms with Crippen LogP contribution in [0.5, 0.6) is 5.75 Å². The molecule has 86 valence electrons. The first-order chi connectivity index (χ1) is 7.61. The van der Waals surface area contributed by atoms with Crippen molar-refractivity contribution in [2.45, 2.75) is 19.4 Å². The van der Waals surface area contributed by atoms with Gasteiger partial charge in [-0.3, -0.25) is 4.79 Å². The highest BCUT2D eigenvalue weighted by atomic mass is 35.5. The second-order valence-electron chi connectivity index (χ2n) is 3.72. The number of benzene rings is 1. The van der Waals surface area contributed by atoms with Gasteiger partial charge in [0, 0.05) is 11.1 Å². The number of carbonyl (C=O) groups is 1. The van der Waals surface area contributed by atoms with Gasteiger partial charge in [-0.05, 0) is 24.1 Å². The number of rotatable bonds is 2. The molecule has 2 rings (SSSR count). The zero-order chi connectivity index (χ0) is 11.7. The van der Waals surface area contributed by atoms with Crippen molar-refractivity contribution < 1.29 is 9.53 Å². The maximum Gasteiger partial charge on any atom is 0.262 e. The summed E-state index contributed by atoms with van der Waals surface area (Å²) in [7, 11) is 0. The van der Waals surface area contributed by atoms with Crippen molar-refractivity contribution in [1.82, 2.24) is 0 Å². The minimum Gasteiger partial charge on any atom is -0.482 e. The summed E-state index contributed by atoms with van der Waals surface area (Å²) >= 11 is 6.10. The minimum atomic E-state index is -0.170. The summed E-state index contributed by atoms with van der Waals surface area (Å²) in [5.74, 6) is 0.457. The molecule has 1 aromatic carbocycles. The van der Waals surface area contributed by atoms with Crippen LogP contribution in [0.4, 0.5) is 5.69 Å². The van der Waals surface area contributed by atoms with Crippen LogP contribution in [-0.2, 0) is 4.79 Å². The van der Waals surface area contributed by atoms with Crippen LogP contribution in [0.2, 0.25) is 5.02 Å². The Balaban J connectivity index is 2.41. The predicted molar refractivity (Wildman–Crippen MR) is 62.8 cm³/mol. The first-order valence-electron chi connectivity index (χ1n) is 5.13. The molecule has 1 aliphatic heterocycles. The fourth-order valence-corrected chi connectivity index (χ4v) is 1.92. The van der Waals surface area contributed by atoms with Crippen molar-refractivity contribution in [3.63, 3.8) is 0 Å². The Morgan fingerprint density at radius 2 is 2.38 bits per heavy atom. The number of halogens is 1. The SMILES string of the molecule is CC[C@@H](N)c1cc2c(cc1Cl)NC(=O)CO2. The summed E-state index contributed by atoms with van der Waals surface area (Å²) in [6, 6.07) is 3.36. The van der Waals surface area contributed by atoms with E-state index in [0.717, 1.165) is 12.0 Å². The summed E-state index contributed by atoms with van der Waals surface area (Å²) < 4.78 is 5.30. The van der Waals surface area contributed by atoms with Gasteiger partial charge < -0.3 is 15.8 Å². The van der Waals surface area contributed by atoms with Crippen molar-refractivity contribution >= 4 is 23.2 Å². The fourth-order valence-electron chi connectivity index (χ4n) is 1.62. The third-order valence-electron chi connectivity index (χ3n) is 2.57. The number of carbonyl (C=O) groups excluding carboxylic acids is 1. The summed E-state index contributed by atoms with van der Waals surface area (Å²) in [5.41, 5.74) is 7.38. The van der Waals surface area contributed by atoms with E-state index in [0.29, 0.717) is 16.5 Å². The summed E-state index contributed by atoms with van der Waals surface area (Å²) in [5, 5.41) is 3.25. The average molecular weight is 241 g/mol. The Kier molecular flexibility index (Phi) is 3.03. The number of hydrogen-bond acceptors (Lipinski definition) is 3. The molecule has 1 amide bonds. The van der Waals surface area contributed by atoms with Crippen molar-refractivity contribution in [2.24, 2.45) is 5.73 Å². The van der Waals surface area contributed by atoms with E-state index in [1.807, 2.05) is 6.92 Å². The summed E-state index contributed by atoms with van der Waals surface area (Å²) in [4.78, 5) is 11.1. The molecule has 0 aliphatic carbocycles. The molecule has 16 heavy (non-hydrogen) atoms. The largest absolute Gasteiger partial charge is 0.482 e. The van der Waals surface area contributed by atoms with Crippen molar-refractivity contribution in [3.05, 3.63) is 22.7 Å². The molecular formula is C11H13ClN2O2. The number of nitrogens with two attached hydrogens (primary N) is 1. The quantitative estimate of drug-likeness (QED) is 0.832. The van der Waals surface area contributed by atoms with Gasteiger partial charge in [-0.1, -0.05) is 18.5 Å². The van der Waals surface area contributed by atoms with Gasteiger partial charge in [-0.15, -0.1) is 0 Å². The number of ether oxygens (including phenoxy) is 1. The second-order valence-corrected chi connectivity index (χ2v) is 4.13. The topological polar surface area (TPSA) is 64.3 Å². The Morgan fingerprint density at radius 3 is 3.06 bits per heavy atom.